The monoisotopic (exact) mass is 300 g/mol. The molecule has 6 heteroatoms. The highest BCUT2D eigenvalue weighted by molar-refractivity contribution is 6.02. The van der Waals surface area contributed by atoms with Crippen molar-refractivity contribution in [2.45, 2.75) is 6.92 Å². The van der Waals surface area contributed by atoms with Crippen LogP contribution in [0.1, 0.15) is 22.8 Å². The summed E-state index contributed by atoms with van der Waals surface area (Å²) in [6, 6.07) is 10.8. The molecule has 0 atom stereocenters. The van der Waals surface area contributed by atoms with Gasteiger partial charge in [0.2, 0.25) is 0 Å². The zero-order valence-electron chi connectivity index (χ0n) is 12.2. The molecule has 6 nitrogen and oxygen atoms in total. The van der Waals surface area contributed by atoms with Crippen LogP contribution in [0.15, 0.2) is 47.6 Å². The van der Waals surface area contributed by atoms with Crippen molar-refractivity contribution in [3.05, 3.63) is 53.6 Å². The van der Waals surface area contributed by atoms with Crippen molar-refractivity contribution in [2.24, 2.45) is 5.10 Å². The van der Waals surface area contributed by atoms with Crippen LogP contribution in [0.2, 0.25) is 0 Å². The van der Waals surface area contributed by atoms with Gasteiger partial charge < -0.3 is 14.9 Å². The van der Waals surface area contributed by atoms with Crippen molar-refractivity contribution in [1.82, 2.24) is 5.43 Å². The Morgan fingerprint density at radius 1 is 1.14 bits per heavy atom. The Labute approximate surface area is 127 Å². The highest BCUT2D eigenvalue weighted by Crippen LogP contribution is 2.23. The first-order valence-electron chi connectivity index (χ1n) is 6.52. The van der Waals surface area contributed by atoms with Gasteiger partial charge in [-0.1, -0.05) is 0 Å². The van der Waals surface area contributed by atoms with Gasteiger partial charge >= 0.3 is 0 Å². The maximum Gasteiger partial charge on any atom is 0.271 e. The molecule has 0 aromatic heterocycles. The number of hydrogen-bond acceptors (Lipinski definition) is 5. The molecule has 22 heavy (non-hydrogen) atoms. The number of rotatable bonds is 4. The molecule has 3 N–H and O–H groups in total. The van der Waals surface area contributed by atoms with Crippen molar-refractivity contribution >= 4 is 11.6 Å². The first-order valence-corrected chi connectivity index (χ1v) is 6.52. The lowest BCUT2D eigenvalue weighted by atomic mass is 10.1. The van der Waals surface area contributed by atoms with Crippen LogP contribution in [0.4, 0.5) is 0 Å². The van der Waals surface area contributed by atoms with Crippen LogP contribution in [0.3, 0.4) is 0 Å². The minimum Gasteiger partial charge on any atom is -0.508 e. The van der Waals surface area contributed by atoms with Crippen molar-refractivity contribution in [2.75, 3.05) is 7.11 Å². The van der Waals surface area contributed by atoms with Crippen LogP contribution in [0.5, 0.6) is 17.2 Å². The number of carbonyl (C=O) groups excluding carboxylic acids is 1. The number of nitrogens with zero attached hydrogens (tertiary/aromatic N) is 1. The predicted molar refractivity (Wildman–Crippen MR) is 82.4 cm³/mol. The van der Waals surface area contributed by atoms with Gasteiger partial charge in [0.25, 0.3) is 5.91 Å². The van der Waals surface area contributed by atoms with Crippen molar-refractivity contribution < 1.29 is 19.7 Å². The van der Waals surface area contributed by atoms with Crippen molar-refractivity contribution in [1.29, 1.82) is 0 Å². The van der Waals surface area contributed by atoms with Crippen LogP contribution in [0.25, 0.3) is 0 Å². The quantitative estimate of drug-likeness (QED) is 0.596. The zero-order valence-corrected chi connectivity index (χ0v) is 12.2. The molecule has 2 rings (SSSR count). The standard InChI is InChI=1S/C16H16N2O4/c1-10(14-8-5-12(19)9-15(14)20)17-18-16(21)11-3-6-13(22-2)7-4-11/h3-9,19-20H,1-2H3,(H,18,21)/b17-10-. The molecule has 2 aromatic carbocycles. The summed E-state index contributed by atoms with van der Waals surface area (Å²) < 4.78 is 5.02. The molecule has 0 aliphatic carbocycles. The van der Waals surface area contributed by atoms with Crippen molar-refractivity contribution in [3.8, 4) is 17.2 Å². The third-order valence-electron chi connectivity index (χ3n) is 3.05. The molecule has 0 fully saturated rings. The Morgan fingerprint density at radius 3 is 2.41 bits per heavy atom. The maximum absolute atomic E-state index is 12.0. The number of benzene rings is 2. The summed E-state index contributed by atoms with van der Waals surface area (Å²) in [5.41, 5.74) is 3.69. The molecule has 0 saturated heterocycles. The van der Waals surface area contributed by atoms with Gasteiger partial charge in [-0.05, 0) is 43.3 Å². The Hall–Kier alpha value is -3.02. The van der Waals surface area contributed by atoms with Crippen LogP contribution >= 0.6 is 0 Å². The average molecular weight is 300 g/mol. The molecule has 0 saturated carbocycles. The van der Waals surface area contributed by atoms with E-state index in [9.17, 15) is 15.0 Å². The summed E-state index contributed by atoms with van der Waals surface area (Å²) in [5, 5.41) is 22.9. The van der Waals surface area contributed by atoms with E-state index in [0.717, 1.165) is 0 Å². The number of aromatic hydroxyl groups is 2. The Balaban J connectivity index is 2.10. The number of carbonyl (C=O) groups is 1. The lowest BCUT2D eigenvalue weighted by Gasteiger charge is -2.06. The fourth-order valence-corrected chi connectivity index (χ4v) is 1.83. The molecule has 0 heterocycles. The third kappa shape index (κ3) is 3.54. The lowest BCUT2D eigenvalue weighted by Crippen LogP contribution is -2.19. The molecule has 0 unspecified atom stereocenters. The summed E-state index contributed by atoms with van der Waals surface area (Å²) in [5.74, 6) is 0.127. The van der Waals surface area contributed by atoms with Gasteiger partial charge in [-0.25, -0.2) is 5.43 Å². The summed E-state index contributed by atoms with van der Waals surface area (Å²) in [7, 11) is 1.55. The largest absolute Gasteiger partial charge is 0.508 e. The third-order valence-corrected chi connectivity index (χ3v) is 3.05. The average Bonchev–Trinajstić information content (AvgIpc) is 2.52. The van der Waals surface area contributed by atoms with E-state index in [4.69, 9.17) is 4.74 Å². The molecular formula is C16H16N2O4. The number of amides is 1. The summed E-state index contributed by atoms with van der Waals surface area (Å²) in [4.78, 5) is 12.0. The predicted octanol–water partition coefficient (Wildman–Crippen LogP) is 2.26. The fourth-order valence-electron chi connectivity index (χ4n) is 1.83. The number of ether oxygens (including phenoxy) is 1. The minimum absolute atomic E-state index is 0.0451. The normalized spacial score (nSPS) is 11.1. The van der Waals surface area contributed by atoms with Crippen LogP contribution in [0, 0.1) is 0 Å². The van der Waals surface area contributed by atoms with E-state index >= 15 is 0 Å². The van der Waals surface area contributed by atoms with Crippen LogP contribution in [-0.2, 0) is 0 Å². The van der Waals surface area contributed by atoms with Gasteiger partial charge in [0, 0.05) is 17.2 Å². The molecule has 0 aliphatic rings. The summed E-state index contributed by atoms with van der Waals surface area (Å²) >= 11 is 0. The van der Waals surface area contributed by atoms with E-state index in [1.165, 1.54) is 18.2 Å². The molecule has 1 amide bonds. The number of nitrogens with one attached hydrogen (secondary N) is 1. The number of hydrazone groups is 1. The van der Waals surface area contributed by atoms with Gasteiger partial charge in [0.15, 0.2) is 0 Å². The summed E-state index contributed by atoms with van der Waals surface area (Å²) in [6.07, 6.45) is 0. The highest BCUT2D eigenvalue weighted by atomic mass is 16.5. The van der Waals surface area contributed by atoms with Crippen LogP contribution in [-0.4, -0.2) is 28.9 Å². The number of methoxy groups -OCH3 is 1. The highest BCUT2D eigenvalue weighted by Gasteiger charge is 2.08. The molecule has 0 aliphatic heterocycles. The second-order valence-corrected chi connectivity index (χ2v) is 4.57. The van der Waals surface area contributed by atoms with E-state index in [1.807, 2.05) is 0 Å². The second kappa shape index (κ2) is 6.62. The molecular weight excluding hydrogens is 284 g/mol. The Bertz CT molecular complexity index is 709. The van der Waals surface area contributed by atoms with Gasteiger partial charge in [-0.2, -0.15) is 5.10 Å². The Morgan fingerprint density at radius 2 is 1.82 bits per heavy atom. The zero-order chi connectivity index (χ0) is 16.1. The summed E-state index contributed by atoms with van der Waals surface area (Å²) in [6.45, 7) is 1.64. The van der Waals surface area contributed by atoms with E-state index in [-0.39, 0.29) is 17.4 Å². The van der Waals surface area contributed by atoms with Gasteiger partial charge in [0.1, 0.15) is 17.2 Å². The Kier molecular flexibility index (Phi) is 4.63. The van der Waals surface area contributed by atoms with Crippen molar-refractivity contribution in [3.63, 3.8) is 0 Å². The van der Waals surface area contributed by atoms with E-state index in [2.05, 4.69) is 10.5 Å². The molecule has 0 spiro atoms. The smallest absolute Gasteiger partial charge is 0.271 e. The van der Waals surface area contributed by atoms with Gasteiger partial charge in [-0.3, -0.25) is 4.79 Å². The van der Waals surface area contributed by atoms with Gasteiger partial charge in [-0.15, -0.1) is 0 Å². The first kappa shape index (κ1) is 15.4. The van der Waals surface area contributed by atoms with E-state index < -0.39 is 0 Å². The topological polar surface area (TPSA) is 91.2 Å². The first-order chi connectivity index (χ1) is 10.5. The molecule has 0 bridgehead atoms. The lowest BCUT2D eigenvalue weighted by molar-refractivity contribution is 0.0954. The number of hydrogen-bond donors (Lipinski definition) is 3. The fraction of sp³-hybridized carbons (Fsp3) is 0.125. The second-order valence-electron chi connectivity index (χ2n) is 4.57. The molecule has 114 valence electrons. The number of phenolic OH excluding ortho intramolecular Hbond substituents is 2. The number of phenols is 2. The van der Waals surface area contributed by atoms with Gasteiger partial charge in [0.05, 0.1) is 12.8 Å². The minimum atomic E-state index is -0.375. The van der Waals surface area contributed by atoms with Crippen LogP contribution < -0.4 is 10.2 Å². The van der Waals surface area contributed by atoms with E-state index in [1.54, 1.807) is 38.3 Å². The SMILES string of the molecule is COc1ccc(C(=O)N/N=C(/C)c2ccc(O)cc2O)cc1. The van der Waals surface area contributed by atoms with E-state index in [0.29, 0.717) is 22.6 Å². The molecule has 0 radical (unpaired) electrons. The molecule has 2 aromatic rings. The maximum atomic E-state index is 12.0.